The number of hydrogen-bond acceptors (Lipinski definition) is 3. The standard InChI is InChI=1S/C19H24O3/c1-18(2)14-10-11-19(18,3)16(12-14)22-17(21)9-6-13-4-7-15(20)8-5-13/h4-9,14,16,20H,10-12H2,1-3H3/b9-6+/t14-,16?,19+/m0/s1. The number of phenols is 1. The van der Waals surface area contributed by atoms with E-state index in [1.807, 2.05) is 0 Å². The van der Waals surface area contributed by atoms with E-state index >= 15 is 0 Å². The van der Waals surface area contributed by atoms with Crippen LogP contribution in [0.1, 0.15) is 45.6 Å². The lowest BCUT2D eigenvalue weighted by atomic mass is 9.70. The number of ether oxygens (including phenoxy) is 1. The van der Waals surface area contributed by atoms with Crippen LogP contribution >= 0.6 is 0 Å². The van der Waals surface area contributed by atoms with Gasteiger partial charge in [0.25, 0.3) is 0 Å². The Morgan fingerprint density at radius 2 is 1.95 bits per heavy atom. The number of fused-ring (bicyclic) bond motifs is 2. The average molecular weight is 300 g/mol. The number of phenolic OH excluding ortho intramolecular Hbond substituents is 1. The Morgan fingerprint density at radius 1 is 1.27 bits per heavy atom. The highest BCUT2D eigenvalue weighted by molar-refractivity contribution is 5.87. The van der Waals surface area contributed by atoms with Gasteiger partial charge in [-0.05, 0) is 54.4 Å². The number of carbonyl (C=O) groups is 1. The third-order valence-electron chi connectivity index (χ3n) is 6.28. The molecule has 2 aliphatic rings. The first-order valence-corrected chi connectivity index (χ1v) is 8.01. The molecule has 3 atom stereocenters. The predicted molar refractivity (Wildman–Crippen MR) is 86.2 cm³/mol. The lowest BCUT2D eigenvalue weighted by Gasteiger charge is -2.38. The average Bonchev–Trinajstić information content (AvgIpc) is 2.80. The van der Waals surface area contributed by atoms with Crippen LogP contribution in [-0.4, -0.2) is 17.2 Å². The molecule has 0 saturated heterocycles. The number of hydrogen-bond donors (Lipinski definition) is 1. The Labute approximate surface area is 132 Å². The molecule has 0 aliphatic heterocycles. The van der Waals surface area contributed by atoms with Gasteiger partial charge in [0.1, 0.15) is 11.9 Å². The van der Waals surface area contributed by atoms with Gasteiger partial charge in [-0.3, -0.25) is 0 Å². The Bertz CT molecular complexity index is 600. The summed E-state index contributed by atoms with van der Waals surface area (Å²) in [7, 11) is 0. The van der Waals surface area contributed by atoms with E-state index in [0.29, 0.717) is 5.92 Å². The van der Waals surface area contributed by atoms with Crippen LogP contribution in [0.4, 0.5) is 0 Å². The van der Waals surface area contributed by atoms with Crippen molar-refractivity contribution in [2.75, 3.05) is 0 Å². The zero-order chi connectivity index (χ0) is 16.0. The second-order valence-corrected chi connectivity index (χ2v) is 7.46. The first-order chi connectivity index (χ1) is 10.3. The van der Waals surface area contributed by atoms with Gasteiger partial charge in [0.05, 0.1) is 0 Å². The maximum absolute atomic E-state index is 12.1. The van der Waals surface area contributed by atoms with Crippen LogP contribution in [0.5, 0.6) is 5.75 Å². The van der Waals surface area contributed by atoms with Crippen LogP contribution < -0.4 is 0 Å². The van der Waals surface area contributed by atoms with Crippen molar-refractivity contribution >= 4 is 12.0 Å². The van der Waals surface area contributed by atoms with Crippen molar-refractivity contribution in [1.29, 1.82) is 0 Å². The molecule has 0 spiro atoms. The largest absolute Gasteiger partial charge is 0.508 e. The van der Waals surface area contributed by atoms with Gasteiger partial charge in [0.15, 0.2) is 0 Å². The molecule has 1 aromatic carbocycles. The molecule has 2 fully saturated rings. The fourth-order valence-electron chi connectivity index (χ4n) is 4.24. The molecule has 3 heteroatoms. The van der Waals surface area contributed by atoms with E-state index in [0.717, 1.165) is 18.4 Å². The Hall–Kier alpha value is -1.77. The highest BCUT2D eigenvalue weighted by Gasteiger charge is 2.62. The Balaban J connectivity index is 1.65. The number of rotatable bonds is 3. The third kappa shape index (κ3) is 2.33. The lowest BCUT2D eigenvalue weighted by molar-refractivity contribution is -0.150. The molecule has 22 heavy (non-hydrogen) atoms. The predicted octanol–water partition coefficient (Wildman–Crippen LogP) is 4.16. The van der Waals surface area contributed by atoms with Crippen LogP contribution in [0, 0.1) is 16.7 Å². The maximum atomic E-state index is 12.1. The van der Waals surface area contributed by atoms with Gasteiger partial charge in [-0.2, -0.15) is 0 Å². The van der Waals surface area contributed by atoms with Crippen molar-refractivity contribution in [2.24, 2.45) is 16.7 Å². The van der Waals surface area contributed by atoms with E-state index in [4.69, 9.17) is 4.74 Å². The fourth-order valence-corrected chi connectivity index (χ4v) is 4.24. The zero-order valence-electron chi connectivity index (χ0n) is 13.5. The van der Waals surface area contributed by atoms with Gasteiger partial charge in [0, 0.05) is 11.5 Å². The van der Waals surface area contributed by atoms with Crippen LogP contribution in [-0.2, 0) is 9.53 Å². The van der Waals surface area contributed by atoms with Gasteiger partial charge in [-0.15, -0.1) is 0 Å². The topological polar surface area (TPSA) is 46.5 Å². The molecule has 2 bridgehead atoms. The van der Waals surface area contributed by atoms with E-state index in [9.17, 15) is 9.90 Å². The third-order valence-corrected chi connectivity index (χ3v) is 6.28. The van der Waals surface area contributed by atoms with Crippen molar-refractivity contribution < 1.29 is 14.6 Å². The molecule has 1 aromatic rings. The SMILES string of the molecule is CC1(C)[C@H]2CC[C@]1(C)C(OC(=O)/C=C/c1ccc(O)cc1)C2. The minimum atomic E-state index is -0.275. The smallest absolute Gasteiger partial charge is 0.331 e. The second-order valence-electron chi connectivity index (χ2n) is 7.46. The number of benzene rings is 1. The van der Waals surface area contributed by atoms with Gasteiger partial charge in [-0.25, -0.2) is 4.79 Å². The van der Waals surface area contributed by atoms with Crippen LogP contribution in [0.25, 0.3) is 6.08 Å². The highest BCUT2D eigenvalue weighted by atomic mass is 16.5. The number of carbonyl (C=O) groups excluding carboxylic acids is 1. The molecular weight excluding hydrogens is 276 g/mol. The monoisotopic (exact) mass is 300 g/mol. The summed E-state index contributed by atoms with van der Waals surface area (Å²) in [5, 5.41) is 9.25. The van der Waals surface area contributed by atoms with Crippen molar-refractivity contribution in [2.45, 2.75) is 46.1 Å². The summed E-state index contributed by atoms with van der Waals surface area (Å²) in [6.07, 6.45) is 6.61. The van der Waals surface area contributed by atoms with E-state index in [1.54, 1.807) is 30.3 Å². The van der Waals surface area contributed by atoms with E-state index < -0.39 is 0 Å². The minimum absolute atomic E-state index is 0.0261. The highest BCUT2D eigenvalue weighted by Crippen LogP contribution is 2.66. The van der Waals surface area contributed by atoms with Gasteiger partial charge in [0.2, 0.25) is 0 Å². The normalized spacial score (nSPS) is 32.5. The minimum Gasteiger partial charge on any atom is -0.508 e. The number of esters is 1. The van der Waals surface area contributed by atoms with Crippen molar-refractivity contribution in [3.05, 3.63) is 35.9 Å². The molecule has 0 heterocycles. The van der Waals surface area contributed by atoms with E-state index in [2.05, 4.69) is 20.8 Å². The Kier molecular flexibility index (Phi) is 3.54. The molecule has 3 nitrogen and oxygen atoms in total. The first-order valence-electron chi connectivity index (χ1n) is 8.01. The van der Waals surface area contributed by atoms with Crippen LogP contribution in [0.15, 0.2) is 30.3 Å². The molecule has 2 aliphatic carbocycles. The quantitative estimate of drug-likeness (QED) is 0.673. The molecule has 118 valence electrons. The summed E-state index contributed by atoms with van der Waals surface area (Å²) in [5.41, 5.74) is 1.22. The Morgan fingerprint density at radius 3 is 2.50 bits per heavy atom. The van der Waals surface area contributed by atoms with Crippen molar-refractivity contribution in [1.82, 2.24) is 0 Å². The summed E-state index contributed by atoms with van der Waals surface area (Å²) < 4.78 is 5.75. The molecule has 0 radical (unpaired) electrons. The van der Waals surface area contributed by atoms with Gasteiger partial charge in [-0.1, -0.05) is 32.9 Å². The summed E-state index contributed by atoms with van der Waals surface area (Å²) in [6.45, 7) is 6.89. The zero-order valence-corrected chi connectivity index (χ0v) is 13.5. The summed E-state index contributed by atoms with van der Waals surface area (Å²) in [5.74, 6) is 0.607. The summed E-state index contributed by atoms with van der Waals surface area (Å²) in [4.78, 5) is 12.1. The maximum Gasteiger partial charge on any atom is 0.331 e. The summed E-state index contributed by atoms with van der Waals surface area (Å²) >= 11 is 0. The first kappa shape index (κ1) is 15.1. The van der Waals surface area contributed by atoms with Crippen LogP contribution in [0.2, 0.25) is 0 Å². The molecule has 1 N–H and O–H groups in total. The van der Waals surface area contributed by atoms with Crippen LogP contribution in [0.3, 0.4) is 0 Å². The molecule has 0 amide bonds. The molecule has 1 unspecified atom stereocenters. The molecular formula is C19H24O3. The number of aromatic hydroxyl groups is 1. The fraction of sp³-hybridized carbons (Fsp3) is 0.526. The second kappa shape index (κ2) is 5.15. The molecule has 0 aromatic heterocycles. The summed E-state index contributed by atoms with van der Waals surface area (Å²) in [6, 6.07) is 6.73. The van der Waals surface area contributed by atoms with E-state index in [-0.39, 0.29) is 28.7 Å². The van der Waals surface area contributed by atoms with Crippen molar-refractivity contribution in [3.8, 4) is 5.75 Å². The molecule has 2 saturated carbocycles. The van der Waals surface area contributed by atoms with Gasteiger partial charge >= 0.3 is 5.97 Å². The lowest BCUT2D eigenvalue weighted by Crippen LogP contribution is -2.38. The van der Waals surface area contributed by atoms with Gasteiger partial charge < -0.3 is 9.84 Å². The van der Waals surface area contributed by atoms with Crippen molar-refractivity contribution in [3.63, 3.8) is 0 Å². The molecule has 3 rings (SSSR count). The van der Waals surface area contributed by atoms with E-state index in [1.165, 1.54) is 12.5 Å².